The Balaban J connectivity index is 1.92. The first-order valence-electron chi connectivity index (χ1n) is 6.17. The van der Waals surface area contributed by atoms with Crippen molar-refractivity contribution in [2.75, 3.05) is 5.73 Å². The first-order chi connectivity index (χ1) is 8.88. The van der Waals surface area contributed by atoms with Crippen LogP contribution in [0.5, 0.6) is 0 Å². The molecule has 1 aliphatic rings. The van der Waals surface area contributed by atoms with Crippen molar-refractivity contribution in [3.63, 3.8) is 0 Å². The third-order valence-electron chi connectivity index (χ3n) is 3.71. The normalized spacial score (nSPS) is 20.5. The van der Waals surface area contributed by atoms with E-state index in [1.807, 2.05) is 12.1 Å². The number of carbonyl (C=O) groups is 1. The van der Waals surface area contributed by atoms with Gasteiger partial charge < -0.3 is 11.1 Å². The molecule has 1 amide bonds. The average Bonchev–Trinajstić information content (AvgIpc) is 2.79. The van der Waals surface area contributed by atoms with Crippen molar-refractivity contribution in [2.24, 2.45) is 5.41 Å². The van der Waals surface area contributed by atoms with E-state index in [0.29, 0.717) is 15.6 Å². The van der Waals surface area contributed by atoms with Gasteiger partial charge in [0.25, 0.3) is 5.91 Å². The van der Waals surface area contributed by atoms with Gasteiger partial charge in [-0.05, 0) is 30.0 Å². The van der Waals surface area contributed by atoms with Crippen LogP contribution in [-0.4, -0.2) is 11.9 Å². The summed E-state index contributed by atoms with van der Waals surface area (Å²) in [7, 11) is 0. The van der Waals surface area contributed by atoms with E-state index in [4.69, 9.17) is 17.3 Å². The first kappa shape index (κ1) is 12.8. The van der Waals surface area contributed by atoms with Crippen molar-refractivity contribution < 1.29 is 4.79 Å². The topological polar surface area (TPSA) is 55.1 Å². The molecule has 1 aliphatic carbocycles. The third-order valence-corrected chi connectivity index (χ3v) is 5.13. The lowest BCUT2D eigenvalue weighted by Gasteiger charge is -2.05. The number of hydrogen-bond acceptors (Lipinski definition) is 3. The van der Waals surface area contributed by atoms with Crippen LogP contribution in [0, 0.1) is 5.41 Å². The van der Waals surface area contributed by atoms with Gasteiger partial charge in [0.1, 0.15) is 4.88 Å². The number of amides is 1. The number of carbonyl (C=O) groups excluding carboxylic acids is 1. The summed E-state index contributed by atoms with van der Waals surface area (Å²) in [5.41, 5.74) is 6.80. The van der Waals surface area contributed by atoms with Crippen molar-refractivity contribution in [2.45, 2.75) is 26.3 Å². The minimum atomic E-state index is -0.0783. The molecule has 0 spiro atoms. The minimum absolute atomic E-state index is 0.0783. The first-order valence-corrected chi connectivity index (χ1v) is 7.36. The summed E-state index contributed by atoms with van der Waals surface area (Å²) in [6.45, 7) is 4.29. The monoisotopic (exact) mass is 294 g/mol. The number of benzene rings is 1. The lowest BCUT2D eigenvalue weighted by Crippen LogP contribution is -2.28. The van der Waals surface area contributed by atoms with E-state index in [-0.39, 0.29) is 17.4 Å². The molecule has 1 unspecified atom stereocenters. The number of nitrogens with two attached hydrogens (primary N) is 1. The van der Waals surface area contributed by atoms with E-state index in [1.165, 1.54) is 11.3 Å². The van der Waals surface area contributed by atoms with Gasteiger partial charge in [0.2, 0.25) is 0 Å². The highest BCUT2D eigenvalue weighted by Gasteiger charge is 2.46. The molecule has 3 N–H and O–H groups in total. The van der Waals surface area contributed by atoms with E-state index < -0.39 is 0 Å². The number of hydrogen-bond donors (Lipinski definition) is 2. The van der Waals surface area contributed by atoms with Crippen LogP contribution in [0.3, 0.4) is 0 Å². The Morgan fingerprint density at radius 1 is 1.53 bits per heavy atom. The lowest BCUT2D eigenvalue weighted by atomic mass is 10.2. The van der Waals surface area contributed by atoms with Crippen molar-refractivity contribution >= 4 is 44.6 Å². The Morgan fingerprint density at radius 2 is 2.21 bits per heavy atom. The summed E-state index contributed by atoms with van der Waals surface area (Å²) in [6.07, 6.45) is 1.02. The maximum absolute atomic E-state index is 12.2. The van der Waals surface area contributed by atoms with Gasteiger partial charge in [-0.15, -0.1) is 11.3 Å². The quantitative estimate of drug-likeness (QED) is 0.888. The SMILES string of the molecule is CC1(C)CC1NC(=O)c1sc2ccc(Cl)cc2c1N. The molecule has 3 nitrogen and oxygen atoms in total. The molecule has 1 aromatic heterocycles. The van der Waals surface area contributed by atoms with Crippen molar-refractivity contribution in [1.82, 2.24) is 5.32 Å². The molecule has 100 valence electrons. The van der Waals surface area contributed by atoms with Gasteiger partial charge in [0.15, 0.2) is 0 Å². The summed E-state index contributed by atoms with van der Waals surface area (Å²) >= 11 is 7.37. The molecule has 1 atom stereocenters. The summed E-state index contributed by atoms with van der Waals surface area (Å²) in [4.78, 5) is 12.8. The van der Waals surface area contributed by atoms with E-state index in [2.05, 4.69) is 19.2 Å². The second kappa shape index (κ2) is 4.12. The second-order valence-corrected chi connectivity index (χ2v) is 7.19. The largest absolute Gasteiger partial charge is 0.397 e. The maximum Gasteiger partial charge on any atom is 0.263 e. The molecule has 2 aromatic rings. The molecule has 0 bridgehead atoms. The molecule has 1 aromatic carbocycles. The Bertz CT molecular complexity index is 677. The van der Waals surface area contributed by atoms with Gasteiger partial charge in [0, 0.05) is 21.2 Å². The van der Waals surface area contributed by atoms with Crippen molar-refractivity contribution in [1.29, 1.82) is 0 Å². The standard InChI is InChI=1S/C14H15ClN2OS/c1-14(2)6-10(14)17-13(18)12-11(16)8-5-7(15)3-4-9(8)19-12/h3-5,10H,6,16H2,1-2H3,(H,17,18). The van der Waals surface area contributed by atoms with Gasteiger partial charge in [-0.3, -0.25) is 4.79 Å². The van der Waals surface area contributed by atoms with Gasteiger partial charge in [-0.25, -0.2) is 0 Å². The van der Waals surface area contributed by atoms with Gasteiger partial charge >= 0.3 is 0 Å². The summed E-state index contributed by atoms with van der Waals surface area (Å²) < 4.78 is 0.988. The van der Waals surface area contributed by atoms with Crippen LogP contribution in [0.4, 0.5) is 5.69 Å². The zero-order chi connectivity index (χ0) is 13.8. The number of halogens is 1. The predicted molar refractivity (Wildman–Crippen MR) is 80.9 cm³/mol. The Morgan fingerprint density at radius 3 is 2.84 bits per heavy atom. The highest BCUT2D eigenvalue weighted by Crippen LogP contribution is 2.45. The Labute approximate surface area is 120 Å². The summed E-state index contributed by atoms with van der Waals surface area (Å²) in [6, 6.07) is 5.77. The van der Waals surface area contributed by atoms with E-state index >= 15 is 0 Å². The highest BCUT2D eigenvalue weighted by atomic mass is 35.5. The molecule has 0 saturated heterocycles. The molecule has 19 heavy (non-hydrogen) atoms. The number of rotatable bonds is 2. The van der Waals surface area contributed by atoms with E-state index in [1.54, 1.807) is 6.07 Å². The zero-order valence-electron chi connectivity index (χ0n) is 10.8. The highest BCUT2D eigenvalue weighted by molar-refractivity contribution is 7.21. The fourth-order valence-corrected chi connectivity index (χ4v) is 3.37. The van der Waals surface area contributed by atoms with Gasteiger partial charge in [-0.2, -0.15) is 0 Å². The maximum atomic E-state index is 12.2. The molecule has 0 aliphatic heterocycles. The molecule has 1 fully saturated rings. The van der Waals surface area contributed by atoms with Crippen molar-refractivity contribution in [3.05, 3.63) is 28.1 Å². The van der Waals surface area contributed by atoms with Crippen LogP contribution < -0.4 is 11.1 Å². The van der Waals surface area contributed by atoms with Crippen LogP contribution >= 0.6 is 22.9 Å². The van der Waals surface area contributed by atoms with E-state index in [0.717, 1.165) is 16.5 Å². The third kappa shape index (κ3) is 2.19. The molecule has 3 rings (SSSR count). The zero-order valence-corrected chi connectivity index (χ0v) is 12.4. The van der Waals surface area contributed by atoms with E-state index in [9.17, 15) is 4.79 Å². The number of fused-ring (bicyclic) bond motifs is 1. The van der Waals surface area contributed by atoms with Crippen LogP contribution in [-0.2, 0) is 0 Å². The smallest absolute Gasteiger partial charge is 0.263 e. The molecule has 1 heterocycles. The van der Waals surface area contributed by atoms with Gasteiger partial charge in [0.05, 0.1) is 5.69 Å². The van der Waals surface area contributed by atoms with Crippen LogP contribution in [0.15, 0.2) is 18.2 Å². The fourth-order valence-electron chi connectivity index (χ4n) is 2.19. The van der Waals surface area contributed by atoms with Crippen LogP contribution in [0.25, 0.3) is 10.1 Å². The Hall–Kier alpha value is -1.26. The van der Waals surface area contributed by atoms with Crippen LogP contribution in [0.2, 0.25) is 5.02 Å². The number of anilines is 1. The molecular formula is C14H15ClN2OS. The number of thiophene rings is 1. The molecular weight excluding hydrogens is 280 g/mol. The Kier molecular flexibility index (Phi) is 2.76. The summed E-state index contributed by atoms with van der Waals surface area (Å²) in [5.74, 6) is -0.0783. The number of nitrogens with one attached hydrogen (secondary N) is 1. The van der Waals surface area contributed by atoms with Crippen LogP contribution in [0.1, 0.15) is 29.9 Å². The lowest BCUT2D eigenvalue weighted by molar-refractivity contribution is 0.0951. The predicted octanol–water partition coefficient (Wildman–Crippen LogP) is 3.67. The fraction of sp³-hybridized carbons (Fsp3) is 0.357. The number of nitrogen functional groups attached to an aromatic ring is 1. The second-order valence-electron chi connectivity index (χ2n) is 5.70. The summed E-state index contributed by atoms with van der Waals surface area (Å²) in [5, 5.41) is 4.53. The van der Waals surface area contributed by atoms with Gasteiger partial charge in [-0.1, -0.05) is 25.4 Å². The minimum Gasteiger partial charge on any atom is -0.397 e. The van der Waals surface area contributed by atoms with Crippen molar-refractivity contribution in [3.8, 4) is 0 Å². The molecule has 0 radical (unpaired) electrons. The molecule has 1 saturated carbocycles. The molecule has 5 heteroatoms. The average molecular weight is 295 g/mol.